The number of halogens is 2. The van der Waals surface area contributed by atoms with Crippen molar-refractivity contribution >= 4 is 0 Å². The van der Waals surface area contributed by atoms with Crippen molar-refractivity contribution in [2.45, 2.75) is 38.9 Å². The molecule has 0 radical (unpaired) electrons. The zero-order chi connectivity index (χ0) is 48.2. The van der Waals surface area contributed by atoms with Crippen molar-refractivity contribution in [2.75, 3.05) is 0 Å². The highest BCUT2D eigenvalue weighted by atomic mass is 19.1. The van der Waals surface area contributed by atoms with Crippen LogP contribution in [-0.2, 0) is 11.2 Å². The largest absolute Gasteiger partial charge is 0.483 e. The van der Waals surface area contributed by atoms with Gasteiger partial charge in [-0.05, 0) is 146 Å². The van der Waals surface area contributed by atoms with Crippen LogP contribution in [-0.4, -0.2) is 15.0 Å². The number of benzene rings is 7. The van der Waals surface area contributed by atoms with E-state index in [0.29, 0.717) is 11.5 Å². The molecule has 0 aliphatic rings. The smallest absolute Gasteiger partial charge is 0.130 e. The van der Waals surface area contributed by atoms with Crippen LogP contribution in [0, 0.1) is 11.6 Å². The minimum Gasteiger partial charge on any atom is -0.483 e. The molecule has 10 aromatic rings. The topological polar surface area (TPSA) is 57.1 Å². The van der Waals surface area contributed by atoms with Gasteiger partial charge < -0.3 is 9.47 Å². The summed E-state index contributed by atoms with van der Waals surface area (Å²) in [4.78, 5) is 14.6. The summed E-state index contributed by atoms with van der Waals surface area (Å²) in [5, 5.41) is 0. The number of ether oxygens (including phenoxy) is 2. The van der Waals surface area contributed by atoms with Crippen LogP contribution in [0.2, 0.25) is 0 Å². The molecule has 0 N–H and O–H groups in total. The van der Waals surface area contributed by atoms with Crippen molar-refractivity contribution in [3.63, 3.8) is 0 Å². The van der Waals surface area contributed by atoms with Crippen LogP contribution in [0.3, 0.4) is 0 Å². The molecule has 0 saturated heterocycles. The van der Waals surface area contributed by atoms with Crippen LogP contribution < -0.4 is 9.47 Å². The Balaban J connectivity index is 1.06. The fraction of sp³-hybridized carbons (Fsp3) is 0.0952. The van der Waals surface area contributed by atoms with E-state index in [1.165, 1.54) is 24.3 Å². The summed E-state index contributed by atoms with van der Waals surface area (Å²) in [6, 6.07) is 66.4. The SMILES string of the molecule is CC(C)(Oc1cc(OC(C)(C)c2ccc(-c3ccc(F)cc3)nc2)cc(-c2ccccc2-c2cnc(-c3ccccc3)cc2-c2ccc(-c3ccccc3)cc2)c1)c1ccc(-c2ccc(F)cc2)nc1. The molecule has 0 fully saturated rings. The maximum Gasteiger partial charge on any atom is 0.130 e. The normalized spacial score (nSPS) is 11.6. The van der Waals surface area contributed by atoms with Crippen molar-refractivity contribution in [1.82, 2.24) is 15.0 Å². The number of nitrogens with zero attached hydrogens (tertiary/aromatic N) is 3. The molecular weight excluding hydrogens is 869 g/mol. The van der Waals surface area contributed by atoms with Crippen molar-refractivity contribution in [2.24, 2.45) is 0 Å². The molecular formula is C63H49F2N3O2. The Morgan fingerprint density at radius 2 is 0.729 bits per heavy atom. The van der Waals surface area contributed by atoms with Crippen molar-refractivity contribution < 1.29 is 18.3 Å². The summed E-state index contributed by atoms with van der Waals surface area (Å²) in [5.74, 6) is 0.583. The van der Waals surface area contributed by atoms with E-state index in [1.54, 1.807) is 36.7 Å². The molecule has 70 heavy (non-hydrogen) atoms. The van der Waals surface area contributed by atoms with Gasteiger partial charge in [-0.2, -0.15) is 0 Å². The van der Waals surface area contributed by atoms with Gasteiger partial charge in [0, 0.05) is 58.0 Å². The summed E-state index contributed by atoms with van der Waals surface area (Å²) in [5.41, 5.74) is 13.2. The van der Waals surface area contributed by atoms with E-state index >= 15 is 0 Å². The summed E-state index contributed by atoms with van der Waals surface area (Å²) >= 11 is 0. The molecule has 0 amide bonds. The summed E-state index contributed by atoms with van der Waals surface area (Å²) in [6.45, 7) is 8.04. The first-order valence-corrected chi connectivity index (χ1v) is 23.2. The first-order valence-electron chi connectivity index (χ1n) is 23.2. The first-order chi connectivity index (χ1) is 34.0. The quantitative estimate of drug-likeness (QED) is 0.115. The molecule has 342 valence electrons. The highest BCUT2D eigenvalue weighted by Gasteiger charge is 2.28. The van der Waals surface area contributed by atoms with E-state index in [2.05, 4.69) is 97.1 Å². The number of rotatable bonds is 13. The van der Waals surface area contributed by atoms with Gasteiger partial charge in [0.15, 0.2) is 0 Å². The van der Waals surface area contributed by atoms with E-state index in [-0.39, 0.29) is 11.6 Å². The second-order valence-electron chi connectivity index (χ2n) is 18.3. The number of hydrogen-bond donors (Lipinski definition) is 0. The van der Waals surface area contributed by atoms with E-state index in [0.717, 1.165) is 89.4 Å². The van der Waals surface area contributed by atoms with Gasteiger partial charge in [-0.15, -0.1) is 0 Å². The third-order valence-corrected chi connectivity index (χ3v) is 12.6. The van der Waals surface area contributed by atoms with Gasteiger partial charge >= 0.3 is 0 Å². The Labute approximate surface area is 407 Å². The summed E-state index contributed by atoms with van der Waals surface area (Å²) in [6.07, 6.45) is 5.60. The van der Waals surface area contributed by atoms with E-state index in [9.17, 15) is 8.78 Å². The minimum atomic E-state index is -0.838. The Bertz CT molecular complexity index is 3280. The zero-order valence-corrected chi connectivity index (χ0v) is 39.3. The maximum atomic E-state index is 13.7. The molecule has 0 aliphatic heterocycles. The molecule has 0 spiro atoms. The van der Waals surface area contributed by atoms with Gasteiger partial charge in [-0.1, -0.05) is 121 Å². The summed E-state index contributed by atoms with van der Waals surface area (Å²) in [7, 11) is 0. The van der Waals surface area contributed by atoms with Gasteiger partial charge in [0.2, 0.25) is 0 Å². The molecule has 10 rings (SSSR count). The van der Waals surface area contributed by atoms with Crippen LogP contribution in [0.25, 0.3) is 78.3 Å². The highest BCUT2D eigenvalue weighted by molar-refractivity contribution is 5.93. The number of hydrogen-bond acceptors (Lipinski definition) is 5. The standard InChI is InChI=1S/C63H49F2N3O2/c1-62(2,49-27-33-59(66-39-49)46-23-29-51(64)30-24-46)69-53-35-48(36-54(37-53)70-63(3,4)50-28-34-60(67-40-50)47-25-31-52(65)32-26-47)55-17-11-12-18-56(55)58-41-68-61(45-15-9-6-10-16-45)38-57(58)44-21-19-43(20-22-44)42-13-7-5-8-14-42/h5-41H,1-4H3. The molecule has 3 heterocycles. The third-order valence-electron chi connectivity index (χ3n) is 12.6. The molecule has 0 atom stereocenters. The van der Waals surface area contributed by atoms with Crippen LogP contribution in [0.4, 0.5) is 8.78 Å². The lowest BCUT2D eigenvalue weighted by Gasteiger charge is -2.30. The molecule has 0 unspecified atom stereocenters. The molecule has 3 aromatic heterocycles. The van der Waals surface area contributed by atoms with Crippen LogP contribution >= 0.6 is 0 Å². The van der Waals surface area contributed by atoms with Gasteiger partial charge in [0.25, 0.3) is 0 Å². The van der Waals surface area contributed by atoms with Gasteiger partial charge in [-0.25, -0.2) is 8.78 Å². The molecule has 5 nitrogen and oxygen atoms in total. The minimum absolute atomic E-state index is 0.296. The van der Waals surface area contributed by atoms with E-state index in [4.69, 9.17) is 24.4 Å². The first kappa shape index (κ1) is 45.2. The zero-order valence-electron chi connectivity index (χ0n) is 39.3. The Morgan fingerprint density at radius 1 is 0.314 bits per heavy atom. The van der Waals surface area contributed by atoms with Crippen molar-refractivity contribution in [3.05, 3.63) is 248 Å². The van der Waals surface area contributed by atoms with Gasteiger partial charge in [-0.3, -0.25) is 15.0 Å². The Kier molecular flexibility index (Phi) is 12.4. The van der Waals surface area contributed by atoms with Gasteiger partial charge in [0.05, 0.1) is 17.1 Å². The predicted molar refractivity (Wildman–Crippen MR) is 278 cm³/mol. The fourth-order valence-corrected chi connectivity index (χ4v) is 8.75. The average Bonchev–Trinajstić information content (AvgIpc) is 3.39. The maximum absolute atomic E-state index is 13.7. The lowest BCUT2D eigenvalue weighted by Crippen LogP contribution is -2.26. The van der Waals surface area contributed by atoms with Crippen molar-refractivity contribution in [1.29, 1.82) is 0 Å². The van der Waals surface area contributed by atoms with Crippen LogP contribution in [0.15, 0.2) is 225 Å². The number of aromatic nitrogens is 3. The van der Waals surface area contributed by atoms with Crippen LogP contribution in [0.1, 0.15) is 38.8 Å². The van der Waals surface area contributed by atoms with Crippen LogP contribution in [0.5, 0.6) is 11.5 Å². The molecule has 0 bridgehead atoms. The summed E-state index contributed by atoms with van der Waals surface area (Å²) < 4.78 is 41.4. The monoisotopic (exact) mass is 917 g/mol. The molecule has 0 saturated carbocycles. The molecule has 0 aliphatic carbocycles. The fourth-order valence-electron chi connectivity index (χ4n) is 8.75. The highest BCUT2D eigenvalue weighted by Crippen LogP contribution is 2.43. The molecule has 7 heteroatoms. The van der Waals surface area contributed by atoms with E-state index < -0.39 is 11.2 Å². The lowest BCUT2D eigenvalue weighted by atomic mass is 9.89. The Hall–Kier alpha value is -8.55. The lowest BCUT2D eigenvalue weighted by molar-refractivity contribution is 0.0989. The second-order valence-corrected chi connectivity index (χ2v) is 18.3. The second kappa shape index (κ2) is 19.2. The third kappa shape index (κ3) is 9.87. The van der Waals surface area contributed by atoms with Gasteiger partial charge in [0.1, 0.15) is 34.3 Å². The Morgan fingerprint density at radius 3 is 1.23 bits per heavy atom. The predicted octanol–water partition coefficient (Wildman–Crippen LogP) is 16.4. The number of pyridine rings is 3. The van der Waals surface area contributed by atoms with E-state index in [1.807, 2.05) is 94.6 Å². The molecule has 7 aromatic carbocycles. The van der Waals surface area contributed by atoms with Crippen molar-refractivity contribution in [3.8, 4) is 89.8 Å². The average molecular weight is 918 g/mol.